The molecule has 340 valence electrons. The molecule has 13 rings (SSSR count). The lowest BCUT2D eigenvalue weighted by Gasteiger charge is -2.38. The molecule has 3 aliphatic rings. The van der Waals surface area contributed by atoms with Crippen molar-refractivity contribution in [2.24, 2.45) is 0 Å². The van der Waals surface area contributed by atoms with Gasteiger partial charge in [-0.2, -0.15) is 0 Å². The van der Waals surface area contributed by atoms with E-state index < -0.39 is 0 Å². The molecule has 0 atom stereocenters. The first-order chi connectivity index (χ1) is 33.7. The zero-order valence-electron chi connectivity index (χ0n) is 41.8. The summed E-state index contributed by atoms with van der Waals surface area (Å²) >= 11 is 0. The van der Waals surface area contributed by atoms with Gasteiger partial charge in [0.05, 0.1) is 0 Å². The van der Waals surface area contributed by atoms with Gasteiger partial charge in [0.1, 0.15) is 0 Å². The summed E-state index contributed by atoms with van der Waals surface area (Å²) in [5, 5.41) is 5.24. The first-order valence-electron chi connectivity index (χ1n) is 25.1. The zero-order valence-corrected chi connectivity index (χ0v) is 41.8. The third-order valence-corrected chi connectivity index (χ3v) is 16.8. The molecule has 0 spiro atoms. The number of benzene rings is 10. The Bertz CT molecular complexity index is 3830. The molecule has 70 heavy (non-hydrogen) atoms. The van der Waals surface area contributed by atoms with E-state index >= 15 is 0 Å². The van der Waals surface area contributed by atoms with Crippen LogP contribution in [0.4, 0.5) is 34.1 Å². The molecule has 0 heterocycles. The number of hydrogen-bond acceptors (Lipinski definition) is 2. The summed E-state index contributed by atoms with van der Waals surface area (Å²) in [5.41, 5.74) is 26.6. The summed E-state index contributed by atoms with van der Waals surface area (Å²) in [5.74, 6) is 0. The van der Waals surface area contributed by atoms with Crippen LogP contribution >= 0.6 is 0 Å². The first kappa shape index (κ1) is 42.4. The SMILES string of the molecule is Cc1ccc(N(c2ccc3c(c2)C(C)(C)c2ccccc2-3)c2ccc3c(c2)C(C)(C)c2cccc4c2c-3c(C)c2ccc(N(c3ccc(C)cc3)c3ccc5c(c3)C(C)(C)c3ccccc3-5)cc24)cc1. The smallest absolute Gasteiger partial charge is 0.0468 e. The Morgan fingerprint density at radius 2 is 0.671 bits per heavy atom. The third-order valence-electron chi connectivity index (χ3n) is 16.8. The van der Waals surface area contributed by atoms with Crippen LogP contribution in [0.5, 0.6) is 0 Å². The number of aryl methyl sites for hydroxylation is 3. The van der Waals surface area contributed by atoms with E-state index in [1.807, 2.05) is 0 Å². The van der Waals surface area contributed by atoms with Gasteiger partial charge >= 0.3 is 0 Å². The Morgan fingerprint density at radius 3 is 1.19 bits per heavy atom. The average Bonchev–Trinajstić information content (AvgIpc) is 3.74. The normalized spacial score (nSPS) is 15.0. The Labute approximate surface area is 413 Å². The first-order valence-corrected chi connectivity index (χ1v) is 25.1. The lowest BCUT2D eigenvalue weighted by molar-refractivity contribution is 0.645. The summed E-state index contributed by atoms with van der Waals surface area (Å²) in [6.45, 7) is 21.0. The Hall–Kier alpha value is -7.68. The molecule has 2 heteroatoms. The summed E-state index contributed by atoms with van der Waals surface area (Å²) in [6, 6.07) is 71.6. The van der Waals surface area contributed by atoms with Crippen molar-refractivity contribution >= 4 is 55.7 Å². The van der Waals surface area contributed by atoms with Crippen LogP contribution in [0.25, 0.3) is 54.9 Å². The molecule has 0 aromatic heterocycles. The van der Waals surface area contributed by atoms with E-state index in [-0.39, 0.29) is 16.2 Å². The number of hydrogen-bond donors (Lipinski definition) is 0. The van der Waals surface area contributed by atoms with Crippen molar-refractivity contribution < 1.29 is 0 Å². The van der Waals surface area contributed by atoms with Gasteiger partial charge in [-0.05, 0) is 187 Å². The molecule has 10 aromatic rings. The van der Waals surface area contributed by atoms with Gasteiger partial charge in [0.2, 0.25) is 0 Å². The Balaban J connectivity index is 0.970. The fourth-order valence-electron chi connectivity index (χ4n) is 12.9. The van der Waals surface area contributed by atoms with Crippen molar-refractivity contribution in [3.05, 3.63) is 238 Å². The molecule has 0 bridgehead atoms. The van der Waals surface area contributed by atoms with Gasteiger partial charge < -0.3 is 9.80 Å². The van der Waals surface area contributed by atoms with E-state index in [0.29, 0.717) is 0 Å². The van der Waals surface area contributed by atoms with Crippen LogP contribution < -0.4 is 9.80 Å². The standard InChI is InChI=1S/C68H58N2/c1-41-21-25-44(26-22-41)69(47-30-34-53-51-15-10-12-18-58(51)66(4,5)61(53)38-47)46-29-33-50-43(3)64-56-36-32-49(40-63(56)68(8,9)60-20-14-17-55(65(60)64)57(50)37-46)70(45-27-23-42(2)24-28-45)48-31-35-54-52-16-11-13-19-59(52)67(6,7)62(54)39-48/h10-40H,1-9H3. The van der Waals surface area contributed by atoms with E-state index in [2.05, 4.69) is 260 Å². The van der Waals surface area contributed by atoms with E-state index in [4.69, 9.17) is 0 Å². The maximum absolute atomic E-state index is 2.49. The number of nitrogens with zero attached hydrogens (tertiary/aromatic N) is 2. The highest BCUT2D eigenvalue weighted by Crippen LogP contribution is 2.56. The van der Waals surface area contributed by atoms with Crippen LogP contribution in [0.1, 0.15) is 91.6 Å². The van der Waals surface area contributed by atoms with Crippen LogP contribution in [0.15, 0.2) is 188 Å². The fourth-order valence-corrected chi connectivity index (χ4v) is 12.9. The molecule has 0 unspecified atom stereocenters. The van der Waals surface area contributed by atoms with Crippen molar-refractivity contribution in [2.75, 3.05) is 9.80 Å². The lowest BCUT2D eigenvalue weighted by Crippen LogP contribution is -2.25. The molecule has 2 nitrogen and oxygen atoms in total. The minimum absolute atomic E-state index is 0.104. The number of fused-ring (bicyclic) bond motifs is 10. The Morgan fingerprint density at radius 1 is 0.286 bits per heavy atom. The van der Waals surface area contributed by atoms with Crippen LogP contribution in [0.2, 0.25) is 0 Å². The molecular formula is C68H58N2. The monoisotopic (exact) mass is 902 g/mol. The molecule has 3 aliphatic carbocycles. The molecule has 0 aliphatic heterocycles. The molecule has 0 N–H and O–H groups in total. The van der Waals surface area contributed by atoms with Crippen molar-refractivity contribution in [3.63, 3.8) is 0 Å². The fraction of sp³-hybridized carbons (Fsp3) is 0.176. The number of anilines is 6. The van der Waals surface area contributed by atoms with Gasteiger partial charge in [0, 0.05) is 50.4 Å². The number of rotatable bonds is 6. The second-order valence-corrected chi connectivity index (χ2v) is 22.0. The van der Waals surface area contributed by atoms with Gasteiger partial charge in [-0.25, -0.2) is 0 Å². The second kappa shape index (κ2) is 14.9. The summed E-state index contributed by atoms with van der Waals surface area (Å²) < 4.78 is 0. The van der Waals surface area contributed by atoms with Crippen LogP contribution in [-0.2, 0) is 16.2 Å². The van der Waals surface area contributed by atoms with Gasteiger partial charge in [-0.15, -0.1) is 0 Å². The second-order valence-electron chi connectivity index (χ2n) is 22.0. The van der Waals surface area contributed by atoms with Gasteiger partial charge in [-0.1, -0.05) is 168 Å². The molecular weight excluding hydrogens is 845 g/mol. The molecule has 0 saturated carbocycles. The Kier molecular flexibility index (Phi) is 9.04. The van der Waals surface area contributed by atoms with Crippen molar-refractivity contribution in [2.45, 2.75) is 78.6 Å². The maximum Gasteiger partial charge on any atom is 0.0468 e. The van der Waals surface area contributed by atoms with E-state index in [1.54, 1.807) is 0 Å². The summed E-state index contributed by atoms with van der Waals surface area (Å²) in [6.07, 6.45) is 0. The maximum atomic E-state index is 2.49. The van der Waals surface area contributed by atoms with E-state index in [0.717, 1.165) is 22.7 Å². The van der Waals surface area contributed by atoms with E-state index in [1.165, 1.54) is 116 Å². The van der Waals surface area contributed by atoms with Gasteiger partial charge in [0.25, 0.3) is 0 Å². The highest BCUT2D eigenvalue weighted by Gasteiger charge is 2.39. The quantitative estimate of drug-likeness (QED) is 0.153. The molecule has 0 amide bonds. The van der Waals surface area contributed by atoms with Crippen LogP contribution in [-0.4, -0.2) is 0 Å². The highest BCUT2D eigenvalue weighted by atomic mass is 15.1. The summed E-state index contributed by atoms with van der Waals surface area (Å²) in [7, 11) is 0. The molecule has 0 saturated heterocycles. The van der Waals surface area contributed by atoms with Crippen LogP contribution in [0.3, 0.4) is 0 Å². The van der Waals surface area contributed by atoms with Gasteiger partial charge in [0.15, 0.2) is 0 Å². The predicted octanol–water partition coefficient (Wildman–Crippen LogP) is 18.8. The average molecular weight is 903 g/mol. The zero-order chi connectivity index (χ0) is 48.0. The largest absolute Gasteiger partial charge is 0.310 e. The molecule has 10 aromatic carbocycles. The van der Waals surface area contributed by atoms with Crippen molar-refractivity contribution in [3.8, 4) is 33.4 Å². The minimum atomic E-state index is -0.279. The lowest BCUT2D eigenvalue weighted by atomic mass is 9.67. The van der Waals surface area contributed by atoms with Crippen molar-refractivity contribution in [1.82, 2.24) is 0 Å². The predicted molar refractivity (Wildman–Crippen MR) is 298 cm³/mol. The third kappa shape index (κ3) is 5.99. The van der Waals surface area contributed by atoms with E-state index in [9.17, 15) is 0 Å². The van der Waals surface area contributed by atoms with Crippen LogP contribution in [0, 0.1) is 20.8 Å². The van der Waals surface area contributed by atoms with Crippen molar-refractivity contribution in [1.29, 1.82) is 0 Å². The summed E-state index contributed by atoms with van der Waals surface area (Å²) in [4.78, 5) is 4.94. The molecule has 0 fully saturated rings. The topological polar surface area (TPSA) is 6.48 Å². The highest BCUT2D eigenvalue weighted by molar-refractivity contribution is 6.19. The molecule has 0 radical (unpaired) electrons. The van der Waals surface area contributed by atoms with Gasteiger partial charge in [-0.3, -0.25) is 0 Å². The minimum Gasteiger partial charge on any atom is -0.310 e.